The average Bonchev–Trinajstić information content (AvgIpc) is 3.83. The number of pyridine rings is 1. The molecule has 3 aliphatic heterocycles. The number of nitrogens with zero attached hydrogens (tertiary/aromatic N) is 5. The number of imidazole rings is 1. The minimum atomic E-state index is -4.16. The molecular weight excluding hydrogens is 839 g/mol. The molecule has 3 saturated heterocycles. The van der Waals surface area contributed by atoms with Crippen molar-refractivity contribution in [2.24, 2.45) is 23.7 Å². The van der Waals surface area contributed by atoms with Gasteiger partial charge in [-0.15, -0.1) is 0 Å². The number of methoxy groups -OCH3 is 1. The van der Waals surface area contributed by atoms with E-state index >= 15 is 0 Å². The molecule has 1 N–H and O–H groups in total. The molecule has 0 bridgehead atoms. The summed E-state index contributed by atoms with van der Waals surface area (Å²) in [5.41, 5.74) is -1.76. The number of carbonyl (C=O) groups is 4. The van der Waals surface area contributed by atoms with Crippen molar-refractivity contribution >= 4 is 33.7 Å². The monoisotopic (exact) mass is 905 g/mol. The van der Waals surface area contributed by atoms with Crippen LogP contribution in [0.25, 0.3) is 11.3 Å². The molecule has 352 valence electrons. The Kier molecular flexibility index (Phi) is 16.4. The second-order valence-corrected chi connectivity index (χ2v) is 19.7. The summed E-state index contributed by atoms with van der Waals surface area (Å²) in [5.74, 6) is -6.19. The predicted molar refractivity (Wildman–Crippen MR) is 229 cm³/mol. The maximum Gasteiger partial charge on any atom is 0.411 e. The summed E-state index contributed by atoms with van der Waals surface area (Å²) in [5, 5.41) is 11.5. The van der Waals surface area contributed by atoms with E-state index in [9.17, 15) is 32.7 Å². The van der Waals surface area contributed by atoms with Crippen molar-refractivity contribution in [2.45, 2.75) is 141 Å². The third-order valence-electron chi connectivity index (χ3n) is 13.1. The van der Waals surface area contributed by atoms with Crippen LogP contribution in [0.3, 0.4) is 0 Å². The van der Waals surface area contributed by atoms with Crippen LogP contribution in [0.5, 0.6) is 0 Å². The Balaban J connectivity index is 1.52. The van der Waals surface area contributed by atoms with E-state index in [2.05, 4.69) is 9.97 Å². The number of amides is 1. The molecule has 0 aromatic carbocycles. The molecule has 5 heterocycles. The van der Waals surface area contributed by atoms with Crippen molar-refractivity contribution in [3.05, 3.63) is 37.1 Å². The molecule has 5 rings (SSSR count). The van der Waals surface area contributed by atoms with E-state index in [1.165, 1.54) is 18.9 Å². The van der Waals surface area contributed by atoms with Crippen LogP contribution in [0, 0.1) is 23.7 Å². The normalized spacial score (nSPS) is 35.0. The summed E-state index contributed by atoms with van der Waals surface area (Å²) in [6.45, 7) is 11.5. The van der Waals surface area contributed by atoms with Crippen LogP contribution < -0.4 is 0 Å². The summed E-state index contributed by atoms with van der Waals surface area (Å²) in [6.07, 6.45) is 3.46. The van der Waals surface area contributed by atoms with Crippen molar-refractivity contribution in [1.29, 1.82) is 0 Å². The maximum absolute atomic E-state index is 14.9. The minimum Gasteiger partial charge on any atom is -0.457 e. The molecule has 3 aliphatic rings. The number of Topliss-reactive ketones (excluding diaryl/α,β-unsaturated/α-hetero) is 2. The number of aromatic nitrogens is 3. The number of aliphatic hydroxyl groups excluding tert-OH is 1. The molecular formula is C44H67N5O13S. The fourth-order valence-corrected chi connectivity index (χ4v) is 10.0. The van der Waals surface area contributed by atoms with Crippen molar-refractivity contribution in [1.82, 2.24) is 24.3 Å². The Morgan fingerprint density at radius 2 is 1.73 bits per heavy atom. The lowest BCUT2D eigenvalue weighted by atomic mass is 9.73. The lowest BCUT2D eigenvalue weighted by Gasteiger charge is -2.47. The van der Waals surface area contributed by atoms with Gasteiger partial charge < -0.3 is 43.2 Å². The molecule has 0 unspecified atom stereocenters. The van der Waals surface area contributed by atoms with Crippen molar-refractivity contribution in [2.75, 3.05) is 40.6 Å². The summed E-state index contributed by atoms with van der Waals surface area (Å²) in [4.78, 5) is 69.7. The van der Waals surface area contributed by atoms with Gasteiger partial charge in [-0.3, -0.25) is 23.6 Å². The summed E-state index contributed by atoms with van der Waals surface area (Å²) >= 11 is 0. The van der Waals surface area contributed by atoms with Gasteiger partial charge in [0, 0.05) is 68.1 Å². The van der Waals surface area contributed by atoms with Gasteiger partial charge in [0.1, 0.15) is 30.5 Å². The molecule has 13 atom stereocenters. The third-order valence-corrected chi connectivity index (χ3v) is 13.7. The number of carbonyl (C=O) groups excluding carboxylic acids is 4. The zero-order chi connectivity index (χ0) is 46.6. The maximum atomic E-state index is 14.9. The van der Waals surface area contributed by atoms with Gasteiger partial charge in [-0.25, -0.2) is 9.78 Å². The largest absolute Gasteiger partial charge is 0.457 e. The van der Waals surface area contributed by atoms with Gasteiger partial charge in [0.15, 0.2) is 17.7 Å². The molecule has 18 nitrogen and oxygen atoms in total. The Bertz CT molecular complexity index is 2020. The summed E-state index contributed by atoms with van der Waals surface area (Å²) in [6, 6.07) is 2.22. The standard InChI is InChI=1S/C44H67N5O13S/c1-12-34-44(24-58-63(11,55)56)38(49(42(54)62-44)19-14-13-18-48-23-32(46-25-48)31-16-15-17-45-22-31)28(4)35(50)26(2)21-43(7,57-10)39(29(5)36(51)30(6)40(53)60-34)61-41-37(52)33(47(8)9)20-27(3)59-41/h15-17,22-23,25-30,33-34,37-39,41,52H,12-14,18-21,24H2,1-11H3/t26-,27-,28+,29+,30-,33+,34-,37-,38-,39-,41+,43-,44-/m1/s1. The number of aliphatic hydroxyl groups is 1. The third kappa shape index (κ3) is 11.2. The first-order chi connectivity index (χ1) is 29.6. The number of ketones is 2. The number of cyclic esters (lactones) is 1. The van der Waals surface area contributed by atoms with E-state index in [1.807, 2.05) is 48.8 Å². The average molecular weight is 906 g/mol. The number of likely N-dealkylation sites (N-methyl/N-ethyl adjacent to an activating group) is 1. The number of rotatable bonds is 14. The Labute approximate surface area is 371 Å². The molecule has 63 heavy (non-hydrogen) atoms. The number of hydrogen-bond donors (Lipinski definition) is 1. The highest BCUT2D eigenvalue weighted by atomic mass is 32.2. The van der Waals surface area contributed by atoms with E-state index in [-0.39, 0.29) is 37.3 Å². The number of unbranched alkanes of at least 4 members (excludes halogenated alkanes) is 1. The van der Waals surface area contributed by atoms with Crippen LogP contribution in [0.1, 0.15) is 80.6 Å². The van der Waals surface area contributed by atoms with Gasteiger partial charge in [0.2, 0.25) is 0 Å². The molecule has 2 aromatic heterocycles. The highest BCUT2D eigenvalue weighted by Crippen LogP contribution is 2.44. The molecule has 0 saturated carbocycles. The van der Waals surface area contributed by atoms with E-state index in [4.69, 9.17) is 27.9 Å². The summed E-state index contributed by atoms with van der Waals surface area (Å²) < 4.78 is 63.7. The fraction of sp³-hybridized carbons (Fsp3) is 0.727. The summed E-state index contributed by atoms with van der Waals surface area (Å²) in [7, 11) is 0.958. The van der Waals surface area contributed by atoms with Crippen molar-refractivity contribution < 1.29 is 60.6 Å². The number of esters is 1. The van der Waals surface area contributed by atoms with Crippen LogP contribution in [-0.2, 0) is 58.9 Å². The van der Waals surface area contributed by atoms with E-state index < -0.39 is 100 Å². The van der Waals surface area contributed by atoms with Crippen molar-refractivity contribution in [3.63, 3.8) is 0 Å². The van der Waals surface area contributed by atoms with Crippen LogP contribution >= 0.6 is 0 Å². The van der Waals surface area contributed by atoms with Crippen LogP contribution in [-0.4, -0.2) is 156 Å². The molecule has 3 fully saturated rings. The molecule has 1 amide bonds. The number of fused-ring (bicyclic) bond motifs is 1. The van der Waals surface area contributed by atoms with Gasteiger partial charge in [-0.2, -0.15) is 8.42 Å². The van der Waals surface area contributed by atoms with Crippen LogP contribution in [0.2, 0.25) is 0 Å². The Hall–Kier alpha value is -3.85. The first kappa shape index (κ1) is 50.2. The lowest BCUT2D eigenvalue weighted by molar-refractivity contribution is -0.295. The van der Waals surface area contributed by atoms with Crippen LogP contribution in [0.15, 0.2) is 37.1 Å². The Morgan fingerprint density at radius 1 is 1.03 bits per heavy atom. The molecule has 2 aromatic rings. The van der Waals surface area contributed by atoms with Crippen LogP contribution in [0.4, 0.5) is 4.79 Å². The second-order valence-electron chi connectivity index (χ2n) is 18.1. The first-order valence-corrected chi connectivity index (χ1v) is 23.6. The lowest BCUT2D eigenvalue weighted by Crippen LogP contribution is -2.62. The van der Waals surface area contributed by atoms with Gasteiger partial charge >= 0.3 is 12.1 Å². The van der Waals surface area contributed by atoms with Crippen molar-refractivity contribution in [3.8, 4) is 11.3 Å². The molecule has 0 spiro atoms. The fourth-order valence-electron chi connectivity index (χ4n) is 9.62. The highest BCUT2D eigenvalue weighted by Gasteiger charge is 2.63. The first-order valence-electron chi connectivity index (χ1n) is 21.8. The number of ether oxygens (including phenoxy) is 5. The highest BCUT2D eigenvalue weighted by molar-refractivity contribution is 7.86. The zero-order valence-corrected chi connectivity index (χ0v) is 39.3. The molecule has 19 heteroatoms. The van der Waals surface area contributed by atoms with Gasteiger partial charge in [0.25, 0.3) is 10.1 Å². The SMILES string of the molecule is CC[C@H]1OC(=O)[C@H](C)C(=O)[C@H](C)[C@@H](O[C@@H]2O[C@H](C)C[C@H](N(C)C)[C@H]2O)[C@](C)(OC)C[C@@H](C)C(=O)[C@H](C)[C@H]2N(CCCCn3cnc(-c4cccnc4)c3)C(=O)O[C@]12COS(C)(=O)=O. The predicted octanol–water partition coefficient (Wildman–Crippen LogP) is 3.89. The molecule has 0 radical (unpaired) electrons. The quantitative estimate of drug-likeness (QED) is 0.123. The van der Waals surface area contributed by atoms with Gasteiger partial charge in [-0.1, -0.05) is 27.7 Å². The van der Waals surface area contributed by atoms with E-state index in [0.717, 1.165) is 17.5 Å². The number of hydrogen-bond acceptors (Lipinski definition) is 16. The second kappa shape index (κ2) is 20.5. The van der Waals surface area contributed by atoms with Gasteiger partial charge in [-0.05, 0) is 79.1 Å². The number of aryl methyl sites for hydroxylation is 1. The Morgan fingerprint density at radius 3 is 2.35 bits per heavy atom. The minimum absolute atomic E-state index is 0.000766. The van der Waals surface area contributed by atoms with Gasteiger partial charge in [0.05, 0.1) is 42.1 Å². The topological polar surface area (TPSA) is 215 Å². The van der Waals surface area contributed by atoms with E-state index in [0.29, 0.717) is 25.8 Å². The zero-order valence-electron chi connectivity index (χ0n) is 38.5. The van der Waals surface area contributed by atoms with E-state index in [1.54, 1.807) is 53.3 Å². The smallest absolute Gasteiger partial charge is 0.411 e. The molecule has 0 aliphatic carbocycles.